The van der Waals surface area contributed by atoms with Gasteiger partial charge in [0.2, 0.25) is 0 Å². The zero-order chi connectivity index (χ0) is 39.9. The molecule has 0 unspecified atom stereocenters. The number of fused-ring (bicyclic) bond motifs is 7. The Morgan fingerprint density at radius 1 is 0.271 bits per heavy atom. The van der Waals surface area contributed by atoms with E-state index in [-0.39, 0.29) is 10.8 Å². The van der Waals surface area contributed by atoms with E-state index in [1.54, 1.807) is 0 Å². The fourth-order valence-electron chi connectivity index (χ4n) is 10.1. The van der Waals surface area contributed by atoms with Crippen LogP contribution in [0.15, 0.2) is 200 Å². The van der Waals surface area contributed by atoms with Gasteiger partial charge < -0.3 is 4.90 Å². The molecule has 11 rings (SSSR count). The minimum absolute atomic E-state index is 0.0223. The molecular weight excluding hydrogens is 711 g/mol. The third kappa shape index (κ3) is 5.68. The van der Waals surface area contributed by atoms with Gasteiger partial charge in [-0.15, -0.1) is 0 Å². The van der Waals surface area contributed by atoms with Crippen molar-refractivity contribution < 1.29 is 0 Å². The summed E-state index contributed by atoms with van der Waals surface area (Å²) >= 11 is 0. The summed E-state index contributed by atoms with van der Waals surface area (Å²) < 4.78 is 0. The molecule has 1 nitrogen and oxygen atoms in total. The lowest BCUT2D eigenvalue weighted by Gasteiger charge is -2.27. The van der Waals surface area contributed by atoms with Crippen LogP contribution >= 0.6 is 0 Å². The molecule has 0 saturated carbocycles. The molecule has 0 amide bonds. The van der Waals surface area contributed by atoms with E-state index in [1.807, 2.05) is 0 Å². The minimum Gasteiger partial charge on any atom is -0.310 e. The van der Waals surface area contributed by atoms with Crippen molar-refractivity contribution in [2.24, 2.45) is 0 Å². The Balaban J connectivity index is 1.02. The molecule has 0 spiro atoms. The van der Waals surface area contributed by atoms with Crippen LogP contribution in [0.1, 0.15) is 49.9 Å². The molecule has 0 heterocycles. The fourth-order valence-corrected chi connectivity index (χ4v) is 10.1. The fraction of sp³-hybridized carbons (Fsp3) is 0.103. The third-order valence-corrected chi connectivity index (χ3v) is 13.3. The average molecular weight is 756 g/mol. The van der Waals surface area contributed by atoms with Crippen LogP contribution in [0.5, 0.6) is 0 Å². The SMILES string of the molecule is CC1(C)c2ccccc2-c2cc(-c3cccc(N(c4ccc(-c5ccc6ccccc6c5)cc4)c4cccc(-c5ccc6c(c5)-c5ccccc5C6(C)C)c4)c3)ccc21. The molecule has 0 aromatic heterocycles. The Hall–Kier alpha value is -6.96. The lowest BCUT2D eigenvalue weighted by atomic mass is 9.82. The first-order valence-corrected chi connectivity index (χ1v) is 20.8. The quantitative estimate of drug-likeness (QED) is 0.163. The molecule has 2 aliphatic carbocycles. The molecule has 2 aliphatic rings. The van der Waals surface area contributed by atoms with Gasteiger partial charge in [0.25, 0.3) is 0 Å². The molecule has 0 radical (unpaired) electrons. The Morgan fingerprint density at radius 3 is 1.25 bits per heavy atom. The first-order valence-electron chi connectivity index (χ1n) is 20.8. The van der Waals surface area contributed by atoms with Crippen molar-refractivity contribution in [1.82, 2.24) is 0 Å². The van der Waals surface area contributed by atoms with Crippen LogP contribution in [-0.4, -0.2) is 0 Å². The van der Waals surface area contributed by atoms with E-state index in [9.17, 15) is 0 Å². The van der Waals surface area contributed by atoms with Gasteiger partial charge in [-0.05, 0) is 143 Å². The van der Waals surface area contributed by atoms with E-state index in [0.717, 1.165) is 17.1 Å². The Morgan fingerprint density at radius 2 is 0.695 bits per heavy atom. The van der Waals surface area contributed by atoms with Crippen LogP contribution < -0.4 is 4.90 Å². The van der Waals surface area contributed by atoms with Crippen molar-refractivity contribution in [3.8, 4) is 55.6 Å². The number of hydrogen-bond donors (Lipinski definition) is 0. The average Bonchev–Trinajstić information content (AvgIpc) is 3.65. The highest BCUT2D eigenvalue weighted by molar-refractivity contribution is 5.90. The predicted octanol–water partition coefficient (Wildman–Crippen LogP) is 15.9. The zero-order valence-corrected chi connectivity index (χ0v) is 34.0. The van der Waals surface area contributed by atoms with Crippen molar-refractivity contribution in [2.45, 2.75) is 38.5 Å². The zero-order valence-electron chi connectivity index (χ0n) is 34.0. The summed E-state index contributed by atoms with van der Waals surface area (Å²) in [6, 6.07) is 74.4. The van der Waals surface area contributed by atoms with E-state index in [2.05, 4.69) is 233 Å². The molecule has 1 heteroatoms. The molecule has 0 N–H and O–H groups in total. The van der Waals surface area contributed by atoms with Crippen molar-refractivity contribution in [2.75, 3.05) is 4.90 Å². The summed E-state index contributed by atoms with van der Waals surface area (Å²) in [7, 11) is 0. The lowest BCUT2D eigenvalue weighted by Crippen LogP contribution is -2.14. The highest BCUT2D eigenvalue weighted by Crippen LogP contribution is 2.51. The number of rotatable bonds is 6. The summed E-state index contributed by atoms with van der Waals surface area (Å²) in [6.07, 6.45) is 0. The van der Waals surface area contributed by atoms with Crippen LogP contribution in [0.2, 0.25) is 0 Å². The lowest BCUT2D eigenvalue weighted by molar-refractivity contribution is 0.660. The van der Waals surface area contributed by atoms with Gasteiger partial charge in [0.1, 0.15) is 0 Å². The second kappa shape index (κ2) is 13.3. The molecule has 59 heavy (non-hydrogen) atoms. The molecular formula is C58H45N. The van der Waals surface area contributed by atoms with Gasteiger partial charge in [0.05, 0.1) is 0 Å². The molecule has 9 aromatic rings. The van der Waals surface area contributed by atoms with Gasteiger partial charge in [-0.25, -0.2) is 0 Å². The van der Waals surface area contributed by atoms with Crippen LogP contribution in [0, 0.1) is 0 Å². The summed E-state index contributed by atoms with van der Waals surface area (Å²) in [4.78, 5) is 2.41. The molecule has 0 fully saturated rings. The van der Waals surface area contributed by atoms with E-state index in [4.69, 9.17) is 0 Å². The Labute approximate surface area is 347 Å². The van der Waals surface area contributed by atoms with Gasteiger partial charge in [0, 0.05) is 27.9 Å². The van der Waals surface area contributed by atoms with Crippen molar-refractivity contribution in [3.63, 3.8) is 0 Å². The number of anilines is 3. The van der Waals surface area contributed by atoms with E-state index in [1.165, 1.54) is 88.7 Å². The third-order valence-electron chi connectivity index (χ3n) is 13.3. The second-order valence-corrected chi connectivity index (χ2v) is 17.4. The Bertz CT molecular complexity index is 2960. The minimum atomic E-state index is -0.0223. The summed E-state index contributed by atoms with van der Waals surface area (Å²) in [5, 5.41) is 2.51. The van der Waals surface area contributed by atoms with Gasteiger partial charge in [-0.1, -0.05) is 173 Å². The topological polar surface area (TPSA) is 3.24 Å². The normalized spacial score (nSPS) is 14.0. The van der Waals surface area contributed by atoms with Crippen molar-refractivity contribution >= 4 is 27.8 Å². The highest BCUT2D eigenvalue weighted by atomic mass is 15.1. The first kappa shape index (κ1) is 35.2. The maximum Gasteiger partial charge on any atom is 0.0467 e. The summed E-state index contributed by atoms with van der Waals surface area (Å²) in [5.74, 6) is 0. The van der Waals surface area contributed by atoms with Crippen LogP contribution in [0.3, 0.4) is 0 Å². The largest absolute Gasteiger partial charge is 0.310 e. The number of hydrogen-bond acceptors (Lipinski definition) is 1. The molecule has 0 atom stereocenters. The molecule has 0 bridgehead atoms. The number of nitrogens with zero attached hydrogens (tertiary/aromatic N) is 1. The highest BCUT2D eigenvalue weighted by Gasteiger charge is 2.36. The van der Waals surface area contributed by atoms with E-state index in [0.29, 0.717) is 0 Å². The van der Waals surface area contributed by atoms with Crippen molar-refractivity contribution in [1.29, 1.82) is 0 Å². The number of benzene rings is 9. The maximum atomic E-state index is 2.41. The summed E-state index contributed by atoms with van der Waals surface area (Å²) in [6.45, 7) is 9.38. The van der Waals surface area contributed by atoms with E-state index >= 15 is 0 Å². The smallest absolute Gasteiger partial charge is 0.0467 e. The Kier molecular flexibility index (Phi) is 7.94. The van der Waals surface area contributed by atoms with Crippen molar-refractivity contribution in [3.05, 3.63) is 222 Å². The predicted molar refractivity (Wildman–Crippen MR) is 250 cm³/mol. The van der Waals surface area contributed by atoms with Gasteiger partial charge in [-0.2, -0.15) is 0 Å². The standard InChI is InChI=1S/C58H45N/c1-57(2)53-21-9-7-19-49(53)51-36-44(27-31-55(51)57)41-15-11-17-47(34-41)59(46-29-25-39(26-30-46)43-24-23-38-13-5-6-14-40(38)33-43)48-18-12-16-42(35-48)45-28-32-56-52(37-45)50-20-8-10-22-54(50)58(56,3)4/h5-37H,1-4H3. The summed E-state index contributed by atoms with van der Waals surface area (Å²) in [5.41, 5.74) is 21.5. The monoisotopic (exact) mass is 755 g/mol. The molecule has 0 aliphatic heterocycles. The van der Waals surface area contributed by atoms with Crippen LogP contribution in [0.4, 0.5) is 17.1 Å². The molecule has 9 aromatic carbocycles. The maximum absolute atomic E-state index is 2.41. The van der Waals surface area contributed by atoms with Gasteiger partial charge >= 0.3 is 0 Å². The molecule has 0 saturated heterocycles. The van der Waals surface area contributed by atoms with Gasteiger partial charge in [-0.3, -0.25) is 0 Å². The van der Waals surface area contributed by atoms with Gasteiger partial charge in [0.15, 0.2) is 0 Å². The molecule has 282 valence electrons. The van der Waals surface area contributed by atoms with Crippen LogP contribution in [-0.2, 0) is 10.8 Å². The van der Waals surface area contributed by atoms with E-state index < -0.39 is 0 Å². The van der Waals surface area contributed by atoms with Crippen LogP contribution in [0.25, 0.3) is 66.4 Å². The first-order chi connectivity index (χ1) is 28.7. The second-order valence-electron chi connectivity index (χ2n) is 17.4.